The molecule has 2 nitrogen and oxygen atoms in total. The van der Waals surface area contributed by atoms with Crippen LogP contribution >= 0.6 is 15.9 Å². The van der Waals surface area contributed by atoms with Gasteiger partial charge in [0.05, 0.1) is 11.4 Å². The Kier molecular flexibility index (Phi) is 4.11. The second kappa shape index (κ2) is 5.58. The van der Waals surface area contributed by atoms with E-state index in [-0.39, 0.29) is 0 Å². The monoisotopic (exact) mass is 292 g/mol. The third-order valence-corrected chi connectivity index (χ3v) is 3.75. The lowest BCUT2D eigenvalue weighted by Crippen LogP contribution is -2.06. The number of hydrogen-bond acceptors (Lipinski definition) is 2. The summed E-state index contributed by atoms with van der Waals surface area (Å²) in [6.45, 7) is 4.21. The zero-order valence-electron chi connectivity index (χ0n) is 10.3. The Balaban J connectivity index is 2.38. The maximum Gasteiger partial charge on any atom is 0.0720 e. The number of fused-ring (bicyclic) bond motifs is 1. The smallest absolute Gasteiger partial charge is 0.0720 e. The Morgan fingerprint density at radius 2 is 1.88 bits per heavy atom. The van der Waals surface area contributed by atoms with Crippen molar-refractivity contribution in [2.75, 3.05) is 0 Å². The van der Waals surface area contributed by atoms with Gasteiger partial charge in [0.25, 0.3) is 0 Å². The topological polar surface area (TPSA) is 25.8 Å². The van der Waals surface area contributed by atoms with E-state index in [2.05, 4.69) is 57.3 Å². The molecule has 17 heavy (non-hydrogen) atoms. The molecule has 1 aromatic carbocycles. The predicted molar refractivity (Wildman–Crippen MR) is 75.6 cm³/mol. The number of halogens is 1. The highest BCUT2D eigenvalue weighted by Gasteiger charge is 2.10. The molecular formula is C14H17BrN2. The lowest BCUT2D eigenvalue weighted by Gasteiger charge is -2.10. The molecule has 3 heteroatoms. The first-order valence-electron chi connectivity index (χ1n) is 6.07. The summed E-state index contributed by atoms with van der Waals surface area (Å²) in [4.78, 5) is 0.493. The fraction of sp³-hybridized carbons (Fsp3) is 0.429. The zero-order valence-corrected chi connectivity index (χ0v) is 11.9. The van der Waals surface area contributed by atoms with Gasteiger partial charge in [-0.05, 0) is 13.3 Å². The summed E-state index contributed by atoms with van der Waals surface area (Å²) in [7, 11) is 0. The second-order valence-corrected chi connectivity index (χ2v) is 5.66. The van der Waals surface area contributed by atoms with Crippen molar-refractivity contribution in [3.05, 3.63) is 35.7 Å². The van der Waals surface area contributed by atoms with E-state index in [0.29, 0.717) is 4.83 Å². The number of rotatable bonds is 4. The van der Waals surface area contributed by atoms with E-state index < -0.39 is 0 Å². The summed E-state index contributed by atoms with van der Waals surface area (Å²) in [5, 5.41) is 11.1. The van der Waals surface area contributed by atoms with Gasteiger partial charge in [-0.3, -0.25) is 0 Å². The summed E-state index contributed by atoms with van der Waals surface area (Å²) in [5.74, 6) is 0. The van der Waals surface area contributed by atoms with Crippen molar-refractivity contribution in [2.24, 2.45) is 0 Å². The van der Waals surface area contributed by atoms with E-state index in [4.69, 9.17) is 0 Å². The van der Waals surface area contributed by atoms with Gasteiger partial charge in [0, 0.05) is 22.0 Å². The fourth-order valence-corrected chi connectivity index (χ4v) is 2.83. The molecule has 0 amide bonds. The Bertz CT molecular complexity index is 511. The number of aromatic nitrogens is 2. The third kappa shape index (κ3) is 2.83. The van der Waals surface area contributed by atoms with Crippen molar-refractivity contribution in [3.63, 3.8) is 0 Å². The maximum atomic E-state index is 4.35. The van der Waals surface area contributed by atoms with Crippen LogP contribution in [-0.4, -0.2) is 15.0 Å². The van der Waals surface area contributed by atoms with Gasteiger partial charge in [0.2, 0.25) is 0 Å². The molecule has 2 rings (SSSR count). The molecule has 1 atom stereocenters. The molecule has 1 aromatic heterocycles. The molecule has 0 aliphatic heterocycles. The second-order valence-electron chi connectivity index (χ2n) is 4.37. The molecular weight excluding hydrogens is 276 g/mol. The summed E-state index contributed by atoms with van der Waals surface area (Å²) in [6, 6.07) is 8.37. The van der Waals surface area contributed by atoms with Crippen molar-refractivity contribution >= 4 is 26.7 Å². The van der Waals surface area contributed by atoms with Crippen LogP contribution in [0, 0.1) is 6.92 Å². The van der Waals surface area contributed by atoms with Crippen molar-refractivity contribution in [2.45, 2.75) is 37.9 Å². The average Bonchev–Trinajstić information content (AvgIpc) is 2.34. The Morgan fingerprint density at radius 1 is 1.18 bits per heavy atom. The van der Waals surface area contributed by atoms with E-state index in [0.717, 1.165) is 17.8 Å². The molecule has 0 N–H and O–H groups in total. The lowest BCUT2D eigenvalue weighted by molar-refractivity contribution is 0.728. The predicted octanol–water partition coefficient (Wildman–Crippen LogP) is 4.04. The van der Waals surface area contributed by atoms with Crippen LogP contribution in [0.2, 0.25) is 0 Å². The lowest BCUT2D eigenvalue weighted by atomic mass is 10.0. The van der Waals surface area contributed by atoms with E-state index in [9.17, 15) is 0 Å². The van der Waals surface area contributed by atoms with Crippen molar-refractivity contribution in [3.8, 4) is 0 Å². The van der Waals surface area contributed by atoms with E-state index in [1.54, 1.807) is 0 Å². The van der Waals surface area contributed by atoms with E-state index in [1.807, 2.05) is 6.92 Å². The number of nitrogens with zero attached hydrogens (tertiary/aromatic N) is 2. The Hall–Kier alpha value is -0.960. The van der Waals surface area contributed by atoms with Gasteiger partial charge in [0.1, 0.15) is 0 Å². The first-order chi connectivity index (χ1) is 8.22. The van der Waals surface area contributed by atoms with Gasteiger partial charge >= 0.3 is 0 Å². The summed E-state index contributed by atoms with van der Waals surface area (Å²) >= 11 is 3.71. The Morgan fingerprint density at radius 3 is 2.59 bits per heavy atom. The summed E-state index contributed by atoms with van der Waals surface area (Å²) < 4.78 is 0. The van der Waals surface area contributed by atoms with Crippen LogP contribution < -0.4 is 0 Å². The van der Waals surface area contributed by atoms with Gasteiger partial charge in [0.15, 0.2) is 0 Å². The zero-order chi connectivity index (χ0) is 12.3. The molecule has 2 aromatic rings. The maximum absolute atomic E-state index is 4.35. The van der Waals surface area contributed by atoms with Crippen LogP contribution in [0.3, 0.4) is 0 Å². The molecule has 0 bridgehead atoms. The van der Waals surface area contributed by atoms with Crippen LogP contribution in [0.5, 0.6) is 0 Å². The van der Waals surface area contributed by atoms with Crippen LogP contribution in [0.15, 0.2) is 24.3 Å². The standard InChI is InChI=1S/C14H17BrN2/c1-3-6-11(15)9-14-13-8-5-4-7-12(13)10(2)16-17-14/h4-5,7-8,11H,3,6,9H2,1-2H3. The van der Waals surface area contributed by atoms with E-state index in [1.165, 1.54) is 23.6 Å². The number of aryl methyl sites for hydroxylation is 1. The molecule has 1 unspecified atom stereocenters. The van der Waals surface area contributed by atoms with Crippen molar-refractivity contribution < 1.29 is 0 Å². The molecule has 0 aliphatic carbocycles. The van der Waals surface area contributed by atoms with Crippen LogP contribution in [0.25, 0.3) is 10.8 Å². The first-order valence-corrected chi connectivity index (χ1v) is 6.99. The minimum atomic E-state index is 0.493. The number of alkyl halides is 1. The molecule has 0 radical (unpaired) electrons. The highest BCUT2D eigenvalue weighted by atomic mass is 79.9. The minimum Gasteiger partial charge on any atom is -0.155 e. The molecule has 0 saturated heterocycles. The van der Waals surface area contributed by atoms with Crippen LogP contribution in [-0.2, 0) is 6.42 Å². The van der Waals surface area contributed by atoms with Gasteiger partial charge in [-0.25, -0.2) is 0 Å². The van der Waals surface area contributed by atoms with Crippen molar-refractivity contribution in [1.82, 2.24) is 10.2 Å². The molecule has 90 valence electrons. The minimum absolute atomic E-state index is 0.493. The largest absolute Gasteiger partial charge is 0.155 e. The SMILES string of the molecule is CCCC(Br)Cc1nnc(C)c2ccccc12. The quantitative estimate of drug-likeness (QED) is 0.795. The van der Waals surface area contributed by atoms with Crippen LogP contribution in [0.1, 0.15) is 31.2 Å². The molecule has 0 aliphatic rings. The first kappa shape index (κ1) is 12.5. The fourth-order valence-electron chi connectivity index (χ4n) is 2.07. The van der Waals surface area contributed by atoms with Gasteiger partial charge in [-0.15, -0.1) is 0 Å². The van der Waals surface area contributed by atoms with Gasteiger partial charge in [-0.2, -0.15) is 10.2 Å². The summed E-state index contributed by atoms with van der Waals surface area (Å²) in [5.41, 5.74) is 2.10. The average molecular weight is 293 g/mol. The van der Waals surface area contributed by atoms with Crippen LogP contribution in [0.4, 0.5) is 0 Å². The molecule has 0 spiro atoms. The van der Waals surface area contributed by atoms with Crippen molar-refractivity contribution in [1.29, 1.82) is 0 Å². The Labute approximate surface area is 111 Å². The molecule has 0 fully saturated rings. The van der Waals surface area contributed by atoms with Gasteiger partial charge < -0.3 is 0 Å². The summed E-state index contributed by atoms with van der Waals surface area (Å²) in [6.07, 6.45) is 3.30. The normalized spacial score (nSPS) is 12.9. The van der Waals surface area contributed by atoms with E-state index >= 15 is 0 Å². The van der Waals surface area contributed by atoms with Gasteiger partial charge in [-0.1, -0.05) is 53.5 Å². The molecule has 0 saturated carbocycles. The highest BCUT2D eigenvalue weighted by molar-refractivity contribution is 9.09. The molecule has 1 heterocycles. The number of benzene rings is 1. The third-order valence-electron chi connectivity index (χ3n) is 2.97. The number of hydrogen-bond donors (Lipinski definition) is 0. The highest BCUT2D eigenvalue weighted by Crippen LogP contribution is 2.22.